The van der Waals surface area contributed by atoms with Crippen LogP contribution in [0.1, 0.15) is 36.5 Å². The zero-order chi connectivity index (χ0) is 22.8. The van der Waals surface area contributed by atoms with Gasteiger partial charge in [0.2, 0.25) is 5.91 Å². The van der Waals surface area contributed by atoms with Crippen LogP contribution in [0.3, 0.4) is 0 Å². The van der Waals surface area contributed by atoms with Crippen molar-refractivity contribution in [3.63, 3.8) is 0 Å². The molecule has 2 amide bonds. The van der Waals surface area contributed by atoms with E-state index in [0.717, 1.165) is 47.5 Å². The summed E-state index contributed by atoms with van der Waals surface area (Å²) in [7, 11) is 0. The van der Waals surface area contributed by atoms with Crippen LogP contribution in [-0.2, 0) is 11.3 Å². The van der Waals surface area contributed by atoms with Crippen molar-refractivity contribution < 1.29 is 9.59 Å². The Balaban J connectivity index is 1.31. The van der Waals surface area contributed by atoms with E-state index < -0.39 is 0 Å². The van der Waals surface area contributed by atoms with E-state index in [1.807, 2.05) is 45.0 Å². The van der Waals surface area contributed by atoms with E-state index in [1.165, 1.54) is 6.42 Å². The van der Waals surface area contributed by atoms with Gasteiger partial charge < -0.3 is 9.80 Å². The van der Waals surface area contributed by atoms with Gasteiger partial charge in [0, 0.05) is 45.8 Å². The predicted octanol–water partition coefficient (Wildman–Crippen LogP) is 2.95. The molecule has 174 valence electrons. The van der Waals surface area contributed by atoms with Crippen LogP contribution in [0, 0.1) is 0 Å². The lowest BCUT2D eigenvalue weighted by Crippen LogP contribution is -2.52. The first-order valence-corrected chi connectivity index (χ1v) is 12.7. The minimum absolute atomic E-state index is 0.0119. The number of pyridine rings is 1. The Kier molecular flexibility index (Phi) is 6.41. The van der Waals surface area contributed by atoms with E-state index in [1.54, 1.807) is 17.5 Å². The number of aromatic nitrogens is 3. The second kappa shape index (κ2) is 9.61. The molecule has 8 nitrogen and oxygen atoms in total. The second-order valence-corrected chi connectivity index (χ2v) is 9.69. The van der Waals surface area contributed by atoms with E-state index in [2.05, 4.69) is 10.00 Å². The lowest BCUT2D eigenvalue weighted by atomic mass is 10.1. The zero-order valence-corrected chi connectivity index (χ0v) is 19.9. The van der Waals surface area contributed by atoms with E-state index in [9.17, 15) is 9.59 Å². The Hall–Kier alpha value is -2.78. The lowest BCUT2D eigenvalue weighted by Gasteiger charge is -2.36. The molecule has 5 rings (SSSR count). The molecule has 33 heavy (non-hydrogen) atoms. The number of amides is 2. The van der Waals surface area contributed by atoms with Gasteiger partial charge in [-0.05, 0) is 43.7 Å². The van der Waals surface area contributed by atoms with Crippen molar-refractivity contribution in [1.29, 1.82) is 0 Å². The van der Waals surface area contributed by atoms with Gasteiger partial charge in [0.25, 0.3) is 5.91 Å². The van der Waals surface area contributed by atoms with Crippen LogP contribution in [0.15, 0.2) is 29.8 Å². The number of carbonyl (C=O) groups excluding carboxylic acids is 2. The maximum Gasteiger partial charge on any atom is 0.254 e. The van der Waals surface area contributed by atoms with Gasteiger partial charge in [-0.15, -0.1) is 11.3 Å². The molecule has 0 aromatic carbocycles. The summed E-state index contributed by atoms with van der Waals surface area (Å²) in [5, 5.41) is 7.26. The molecule has 0 aliphatic carbocycles. The van der Waals surface area contributed by atoms with E-state index in [0.29, 0.717) is 44.8 Å². The minimum atomic E-state index is 0.0119. The molecule has 2 aliphatic heterocycles. The molecule has 2 fully saturated rings. The fraction of sp³-hybridized carbons (Fsp3) is 0.500. The minimum Gasteiger partial charge on any atom is -0.342 e. The number of rotatable bonds is 5. The largest absolute Gasteiger partial charge is 0.342 e. The predicted molar refractivity (Wildman–Crippen MR) is 129 cm³/mol. The fourth-order valence-corrected chi connectivity index (χ4v) is 5.41. The Morgan fingerprint density at radius 2 is 1.82 bits per heavy atom. The number of likely N-dealkylation sites (tertiary alicyclic amines) is 1. The number of piperidine rings is 1. The summed E-state index contributed by atoms with van der Waals surface area (Å²) in [5.41, 5.74) is 2.21. The number of hydrogen-bond acceptors (Lipinski definition) is 6. The van der Waals surface area contributed by atoms with Gasteiger partial charge in [-0.25, -0.2) is 9.67 Å². The molecule has 2 aliphatic rings. The Morgan fingerprint density at radius 1 is 1.03 bits per heavy atom. The SMILES string of the molecule is CCn1ncc2c(C(=O)N3CCN(CC(=O)N4CCCCC4)CC3)cc(-c3cccs3)nc21. The highest BCUT2D eigenvalue weighted by Gasteiger charge is 2.27. The van der Waals surface area contributed by atoms with E-state index >= 15 is 0 Å². The third kappa shape index (κ3) is 4.52. The highest BCUT2D eigenvalue weighted by atomic mass is 32.1. The third-order valence-corrected chi connectivity index (χ3v) is 7.53. The summed E-state index contributed by atoms with van der Waals surface area (Å²) in [6, 6.07) is 5.93. The van der Waals surface area contributed by atoms with Crippen molar-refractivity contribution in [1.82, 2.24) is 29.5 Å². The molecule has 5 heterocycles. The first-order chi connectivity index (χ1) is 16.1. The molecule has 0 N–H and O–H groups in total. The van der Waals surface area contributed by atoms with Gasteiger partial charge in [-0.1, -0.05) is 6.07 Å². The molecule has 3 aromatic heterocycles. The Bertz CT molecular complexity index is 1130. The van der Waals surface area contributed by atoms with E-state index in [-0.39, 0.29) is 11.8 Å². The van der Waals surface area contributed by atoms with Gasteiger partial charge in [0.15, 0.2) is 5.65 Å². The zero-order valence-electron chi connectivity index (χ0n) is 19.1. The monoisotopic (exact) mass is 466 g/mol. The highest BCUT2D eigenvalue weighted by molar-refractivity contribution is 7.13. The van der Waals surface area contributed by atoms with Crippen molar-refractivity contribution in [2.24, 2.45) is 0 Å². The van der Waals surface area contributed by atoms with Crippen LogP contribution < -0.4 is 0 Å². The number of fused-ring (bicyclic) bond motifs is 1. The summed E-state index contributed by atoms with van der Waals surface area (Å²) in [6.07, 6.45) is 5.19. The van der Waals surface area contributed by atoms with E-state index in [4.69, 9.17) is 4.98 Å². The molecular weight excluding hydrogens is 436 g/mol. The van der Waals surface area contributed by atoms with Gasteiger partial charge in [0.05, 0.1) is 34.3 Å². The number of nitrogens with zero attached hydrogens (tertiary/aromatic N) is 6. The van der Waals surface area contributed by atoms with Crippen LogP contribution in [0.5, 0.6) is 0 Å². The molecule has 2 saturated heterocycles. The van der Waals surface area contributed by atoms with Crippen LogP contribution in [0.4, 0.5) is 0 Å². The van der Waals surface area contributed by atoms with Crippen molar-refractivity contribution in [3.05, 3.63) is 35.3 Å². The topological polar surface area (TPSA) is 74.6 Å². The number of aryl methyl sites for hydroxylation is 1. The summed E-state index contributed by atoms with van der Waals surface area (Å²) in [4.78, 5) is 38.1. The van der Waals surface area contributed by atoms with Gasteiger partial charge in [-0.2, -0.15) is 5.10 Å². The number of carbonyl (C=O) groups is 2. The standard InChI is InChI=1S/C24H30N6O2S/c1-2-30-23-19(16-25-30)18(15-20(26-23)21-7-6-14-33-21)24(32)29-12-10-27(11-13-29)17-22(31)28-8-4-3-5-9-28/h6-7,14-16H,2-5,8-13,17H2,1H3. The molecule has 0 atom stereocenters. The summed E-state index contributed by atoms with van der Waals surface area (Å²) in [5.74, 6) is 0.232. The van der Waals surface area contributed by atoms with Crippen molar-refractivity contribution in [3.8, 4) is 10.6 Å². The molecular formula is C24H30N6O2S. The Morgan fingerprint density at radius 3 is 2.52 bits per heavy atom. The number of thiophene rings is 1. The van der Waals surface area contributed by atoms with Crippen LogP contribution in [-0.4, -0.2) is 87.1 Å². The average molecular weight is 467 g/mol. The Labute approximate surface area is 197 Å². The van der Waals surface area contributed by atoms with Gasteiger partial charge in [0.1, 0.15) is 0 Å². The first kappa shape index (κ1) is 22.0. The quantitative estimate of drug-likeness (QED) is 0.578. The third-order valence-electron chi connectivity index (χ3n) is 6.64. The summed E-state index contributed by atoms with van der Waals surface area (Å²) < 4.78 is 1.84. The molecule has 0 saturated carbocycles. The van der Waals surface area contributed by atoms with Crippen molar-refractivity contribution in [2.75, 3.05) is 45.8 Å². The fourth-order valence-electron chi connectivity index (χ4n) is 4.72. The van der Waals surface area contributed by atoms with Gasteiger partial charge >= 0.3 is 0 Å². The highest BCUT2D eigenvalue weighted by Crippen LogP contribution is 2.29. The molecule has 9 heteroatoms. The molecule has 0 spiro atoms. The summed E-state index contributed by atoms with van der Waals surface area (Å²) >= 11 is 1.61. The maximum atomic E-state index is 13.6. The van der Waals surface area contributed by atoms with Crippen LogP contribution >= 0.6 is 11.3 Å². The molecule has 0 unspecified atom stereocenters. The normalized spacial score (nSPS) is 17.6. The van der Waals surface area contributed by atoms with Gasteiger partial charge in [-0.3, -0.25) is 14.5 Å². The molecule has 0 bridgehead atoms. The van der Waals surface area contributed by atoms with Crippen LogP contribution in [0.2, 0.25) is 0 Å². The van der Waals surface area contributed by atoms with Crippen LogP contribution in [0.25, 0.3) is 21.6 Å². The smallest absolute Gasteiger partial charge is 0.254 e. The lowest BCUT2D eigenvalue weighted by molar-refractivity contribution is -0.133. The van der Waals surface area contributed by atoms with Crippen molar-refractivity contribution in [2.45, 2.75) is 32.7 Å². The number of piperazine rings is 1. The van der Waals surface area contributed by atoms with Crippen molar-refractivity contribution >= 4 is 34.2 Å². The summed E-state index contributed by atoms with van der Waals surface area (Å²) in [6.45, 7) is 7.60. The second-order valence-electron chi connectivity index (χ2n) is 8.74. The molecule has 0 radical (unpaired) electrons. The number of hydrogen-bond donors (Lipinski definition) is 0. The maximum absolute atomic E-state index is 13.6. The molecule has 3 aromatic rings. The first-order valence-electron chi connectivity index (χ1n) is 11.8. The average Bonchev–Trinajstić information content (AvgIpc) is 3.54.